The second-order valence-corrected chi connectivity index (χ2v) is 6.93. The maximum atomic E-state index is 12.4. The normalized spacial score (nSPS) is 26.2. The molecule has 0 saturated carbocycles. The van der Waals surface area contributed by atoms with Crippen molar-refractivity contribution in [1.29, 1.82) is 0 Å². The first-order valence-corrected chi connectivity index (χ1v) is 8.45. The molecule has 0 bridgehead atoms. The zero-order valence-electron chi connectivity index (χ0n) is 12.9. The number of amides is 2. The Balaban J connectivity index is 1.50. The van der Waals surface area contributed by atoms with Crippen LogP contribution in [0.25, 0.3) is 0 Å². The smallest absolute Gasteiger partial charge is 0.242 e. The van der Waals surface area contributed by atoms with E-state index in [1.165, 1.54) is 6.42 Å². The Kier molecular flexibility index (Phi) is 4.48. The average molecular weight is 293 g/mol. The Morgan fingerprint density at radius 2 is 1.90 bits per heavy atom. The lowest BCUT2D eigenvalue weighted by atomic mass is 9.78. The molecule has 0 aromatic rings. The predicted octanol–water partition coefficient (Wildman–Crippen LogP) is 0.991. The maximum Gasteiger partial charge on any atom is 0.242 e. The van der Waals surface area contributed by atoms with E-state index in [1.54, 1.807) is 4.90 Å². The first-order chi connectivity index (χ1) is 10.2. The molecule has 118 valence electrons. The summed E-state index contributed by atoms with van der Waals surface area (Å²) in [6.45, 7) is 5.01. The third-order valence-electron chi connectivity index (χ3n) is 5.51. The fourth-order valence-corrected chi connectivity index (χ4v) is 3.92. The average Bonchev–Trinajstić information content (AvgIpc) is 2.84. The third kappa shape index (κ3) is 3.39. The lowest BCUT2D eigenvalue weighted by Gasteiger charge is -2.39. The van der Waals surface area contributed by atoms with Gasteiger partial charge in [0.1, 0.15) is 0 Å². The number of hydrogen-bond acceptors (Lipinski definition) is 3. The van der Waals surface area contributed by atoms with E-state index in [2.05, 4.69) is 5.32 Å². The molecule has 0 aromatic carbocycles. The van der Waals surface area contributed by atoms with Crippen LogP contribution in [0.1, 0.15) is 44.9 Å². The molecule has 1 N–H and O–H groups in total. The lowest BCUT2D eigenvalue weighted by molar-refractivity contribution is -0.141. The van der Waals surface area contributed by atoms with E-state index < -0.39 is 0 Å². The van der Waals surface area contributed by atoms with E-state index in [9.17, 15) is 9.59 Å². The third-order valence-corrected chi connectivity index (χ3v) is 5.51. The predicted molar refractivity (Wildman–Crippen MR) is 80.8 cm³/mol. The molecule has 21 heavy (non-hydrogen) atoms. The molecule has 5 heteroatoms. The van der Waals surface area contributed by atoms with Crippen LogP contribution in [-0.2, 0) is 9.59 Å². The summed E-state index contributed by atoms with van der Waals surface area (Å²) in [6, 6.07) is 0. The zero-order chi connectivity index (χ0) is 14.7. The molecule has 5 nitrogen and oxygen atoms in total. The highest BCUT2D eigenvalue weighted by Crippen LogP contribution is 2.36. The minimum absolute atomic E-state index is 0.144. The Morgan fingerprint density at radius 1 is 1.10 bits per heavy atom. The summed E-state index contributed by atoms with van der Waals surface area (Å²) in [5.74, 6) is 0.306. The van der Waals surface area contributed by atoms with E-state index in [0.29, 0.717) is 18.4 Å². The topological polar surface area (TPSA) is 52.7 Å². The first kappa shape index (κ1) is 14.8. The van der Waals surface area contributed by atoms with E-state index in [1.807, 2.05) is 4.90 Å². The summed E-state index contributed by atoms with van der Waals surface area (Å²) < 4.78 is 0. The van der Waals surface area contributed by atoms with E-state index >= 15 is 0 Å². The van der Waals surface area contributed by atoms with Gasteiger partial charge in [-0.25, -0.2) is 0 Å². The van der Waals surface area contributed by atoms with Gasteiger partial charge in [0, 0.05) is 32.6 Å². The second-order valence-electron chi connectivity index (χ2n) is 6.93. The van der Waals surface area contributed by atoms with Crippen LogP contribution in [0.15, 0.2) is 0 Å². The standard InChI is InChI=1S/C16H27N3O2/c20-14-4-2-1-3-9-19(14)12-15(21)18-10-6-16(7-11-18)5-8-17-13-16/h17H,1-13H2. The van der Waals surface area contributed by atoms with Gasteiger partial charge in [-0.15, -0.1) is 0 Å². The summed E-state index contributed by atoms with van der Waals surface area (Å²) >= 11 is 0. The van der Waals surface area contributed by atoms with Gasteiger partial charge in [-0.3, -0.25) is 9.59 Å². The fourth-order valence-electron chi connectivity index (χ4n) is 3.92. The molecular formula is C16H27N3O2. The minimum Gasteiger partial charge on any atom is -0.341 e. The van der Waals surface area contributed by atoms with Gasteiger partial charge in [0.25, 0.3) is 0 Å². The van der Waals surface area contributed by atoms with Crippen molar-refractivity contribution in [3.8, 4) is 0 Å². The van der Waals surface area contributed by atoms with E-state index in [4.69, 9.17) is 0 Å². The Bertz CT molecular complexity index is 394. The van der Waals surface area contributed by atoms with Crippen molar-refractivity contribution in [3.63, 3.8) is 0 Å². The first-order valence-electron chi connectivity index (χ1n) is 8.45. The SMILES string of the molecule is O=C(CN1CCCCCC1=O)N1CCC2(CCNC2)CC1. The summed E-state index contributed by atoms with van der Waals surface area (Å²) in [4.78, 5) is 28.2. The maximum absolute atomic E-state index is 12.4. The number of nitrogens with one attached hydrogen (secondary N) is 1. The van der Waals surface area contributed by atoms with Gasteiger partial charge < -0.3 is 15.1 Å². The minimum atomic E-state index is 0.144. The van der Waals surface area contributed by atoms with Crippen molar-refractivity contribution in [2.45, 2.75) is 44.9 Å². The largest absolute Gasteiger partial charge is 0.341 e. The number of hydrogen-bond donors (Lipinski definition) is 1. The Labute approximate surface area is 127 Å². The van der Waals surface area contributed by atoms with Crippen LogP contribution in [0.3, 0.4) is 0 Å². The molecule has 3 saturated heterocycles. The molecule has 3 aliphatic rings. The van der Waals surface area contributed by atoms with Crippen LogP contribution < -0.4 is 5.32 Å². The van der Waals surface area contributed by atoms with Crippen LogP contribution in [-0.4, -0.2) is 60.9 Å². The highest BCUT2D eigenvalue weighted by atomic mass is 16.2. The number of nitrogens with zero attached hydrogens (tertiary/aromatic N) is 2. The van der Waals surface area contributed by atoms with Crippen molar-refractivity contribution in [3.05, 3.63) is 0 Å². The van der Waals surface area contributed by atoms with Gasteiger partial charge in [0.2, 0.25) is 11.8 Å². The quantitative estimate of drug-likeness (QED) is 0.826. The van der Waals surface area contributed by atoms with Gasteiger partial charge in [-0.2, -0.15) is 0 Å². The van der Waals surface area contributed by atoms with Gasteiger partial charge in [-0.05, 0) is 44.1 Å². The highest BCUT2D eigenvalue weighted by Gasteiger charge is 2.38. The van der Waals surface area contributed by atoms with Gasteiger partial charge in [-0.1, -0.05) is 6.42 Å². The van der Waals surface area contributed by atoms with Gasteiger partial charge in [0.15, 0.2) is 0 Å². The Morgan fingerprint density at radius 3 is 2.62 bits per heavy atom. The molecule has 3 rings (SSSR count). The molecule has 0 radical (unpaired) electrons. The van der Waals surface area contributed by atoms with Crippen molar-refractivity contribution in [2.24, 2.45) is 5.41 Å². The molecule has 0 unspecified atom stereocenters. The molecule has 0 aromatic heterocycles. The molecular weight excluding hydrogens is 266 g/mol. The van der Waals surface area contributed by atoms with Crippen LogP contribution in [0.2, 0.25) is 0 Å². The number of carbonyl (C=O) groups is 2. The summed E-state index contributed by atoms with van der Waals surface area (Å²) in [5, 5.41) is 3.45. The van der Waals surface area contributed by atoms with Crippen molar-refractivity contribution in [1.82, 2.24) is 15.1 Å². The van der Waals surface area contributed by atoms with Crippen molar-refractivity contribution >= 4 is 11.8 Å². The van der Waals surface area contributed by atoms with Crippen LogP contribution >= 0.6 is 0 Å². The fraction of sp³-hybridized carbons (Fsp3) is 0.875. The van der Waals surface area contributed by atoms with E-state index in [0.717, 1.165) is 64.8 Å². The monoisotopic (exact) mass is 293 g/mol. The number of likely N-dealkylation sites (tertiary alicyclic amines) is 2. The lowest BCUT2D eigenvalue weighted by Crippen LogP contribution is -2.48. The summed E-state index contributed by atoms with van der Waals surface area (Å²) in [6.07, 6.45) is 7.20. The zero-order valence-corrected chi connectivity index (χ0v) is 12.9. The van der Waals surface area contributed by atoms with Crippen LogP contribution in [0.5, 0.6) is 0 Å². The van der Waals surface area contributed by atoms with Crippen molar-refractivity contribution < 1.29 is 9.59 Å². The Hall–Kier alpha value is -1.10. The molecule has 3 fully saturated rings. The molecule has 3 aliphatic heterocycles. The summed E-state index contributed by atoms with van der Waals surface area (Å²) in [5.41, 5.74) is 0.440. The van der Waals surface area contributed by atoms with Gasteiger partial charge >= 0.3 is 0 Å². The molecule has 0 aliphatic carbocycles. The highest BCUT2D eigenvalue weighted by molar-refractivity contribution is 5.85. The second kappa shape index (κ2) is 6.34. The molecule has 3 heterocycles. The van der Waals surface area contributed by atoms with Gasteiger partial charge in [0.05, 0.1) is 6.54 Å². The van der Waals surface area contributed by atoms with E-state index in [-0.39, 0.29) is 11.8 Å². The molecule has 2 amide bonds. The number of rotatable bonds is 2. The van der Waals surface area contributed by atoms with Crippen LogP contribution in [0, 0.1) is 5.41 Å². The van der Waals surface area contributed by atoms with Crippen molar-refractivity contribution in [2.75, 3.05) is 39.3 Å². The number of carbonyl (C=O) groups excluding carboxylic acids is 2. The molecule has 0 atom stereocenters. The molecule has 1 spiro atoms. The van der Waals surface area contributed by atoms with Crippen LogP contribution in [0.4, 0.5) is 0 Å². The number of piperidine rings is 1. The summed E-state index contributed by atoms with van der Waals surface area (Å²) in [7, 11) is 0.